The number of hydrogen-bond acceptors (Lipinski definition) is 7. The van der Waals surface area contributed by atoms with Crippen molar-refractivity contribution in [1.82, 2.24) is 19.0 Å². The van der Waals surface area contributed by atoms with E-state index >= 15 is 0 Å². The number of ether oxygens (including phenoxy) is 1. The first kappa shape index (κ1) is 25.1. The minimum Gasteiger partial charge on any atom is -0.473 e. The highest BCUT2D eigenvalue weighted by molar-refractivity contribution is 6.27. The summed E-state index contributed by atoms with van der Waals surface area (Å²) in [6.45, 7) is 6.49. The van der Waals surface area contributed by atoms with Crippen LogP contribution in [0, 0.1) is 12.8 Å². The van der Waals surface area contributed by atoms with Crippen LogP contribution in [0.2, 0.25) is 0 Å². The molecular weight excluding hydrogens is 432 g/mol. The van der Waals surface area contributed by atoms with Gasteiger partial charge in [0.1, 0.15) is 5.82 Å². The van der Waals surface area contributed by atoms with Gasteiger partial charge in [0.05, 0.1) is 6.10 Å². The van der Waals surface area contributed by atoms with Crippen LogP contribution in [0.4, 0.5) is 0 Å². The molecule has 2 N–H and O–H groups in total. The van der Waals surface area contributed by atoms with E-state index in [4.69, 9.17) is 24.5 Å². The third kappa shape index (κ3) is 6.50. The molecule has 2 atom stereocenters. The summed E-state index contributed by atoms with van der Waals surface area (Å²) in [6, 6.07) is 1.21. The maximum absolute atomic E-state index is 12.5. The number of carboxylic acids is 2. The van der Waals surface area contributed by atoms with Crippen molar-refractivity contribution in [2.45, 2.75) is 90.1 Å². The highest BCUT2D eigenvalue weighted by atomic mass is 16.5. The Morgan fingerprint density at radius 2 is 1.61 bits per heavy atom. The lowest BCUT2D eigenvalue weighted by molar-refractivity contribution is -0.159. The van der Waals surface area contributed by atoms with Gasteiger partial charge in [-0.3, -0.25) is 9.47 Å². The fourth-order valence-electron chi connectivity index (χ4n) is 4.87. The van der Waals surface area contributed by atoms with E-state index < -0.39 is 17.6 Å². The van der Waals surface area contributed by atoms with Crippen LogP contribution in [-0.2, 0) is 27.4 Å². The zero-order chi connectivity index (χ0) is 24.1. The highest BCUT2D eigenvalue weighted by Gasteiger charge is 2.41. The van der Waals surface area contributed by atoms with Crippen LogP contribution in [0.3, 0.4) is 0 Å². The number of rotatable bonds is 8. The number of nitrogens with zero attached hydrogens (tertiary/aromatic N) is 4. The van der Waals surface area contributed by atoms with Crippen LogP contribution >= 0.6 is 0 Å². The van der Waals surface area contributed by atoms with Crippen LogP contribution in [0.5, 0.6) is 0 Å². The van der Waals surface area contributed by atoms with E-state index in [9.17, 15) is 9.59 Å². The van der Waals surface area contributed by atoms with Gasteiger partial charge in [-0.25, -0.2) is 23.7 Å². The Kier molecular flexibility index (Phi) is 8.41. The second-order valence-corrected chi connectivity index (χ2v) is 9.08. The number of piperidine rings is 1. The topological polar surface area (TPSA) is 144 Å². The molecular formula is C22H34N4O7. The van der Waals surface area contributed by atoms with Crippen LogP contribution in [-0.4, -0.2) is 72.5 Å². The van der Waals surface area contributed by atoms with Crippen molar-refractivity contribution < 1.29 is 24.5 Å². The lowest BCUT2D eigenvalue weighted by atomic mass is 9.99. The first-order valence-electron chi connectivity index (χ1n) is 11.7. The smallest absolute Gasteiger partial charge is 0.414 e. The lowest BCUT2D eigenvalue weighted by Crippen LogP contribution is -2.47. The highest BCUT2D eigenvalue weighted by Crippen LogP contribution is 2.38. The third-order valence-corrected chi connectivity index (χ3v) is 6.74. The number of carboxylic acid groups (broad SMARTS) is 2. The van der Waals surface area contributed by atoms with Gasteiger partial charge < -0.3 is 14.9 Å². The molecule has 3 aliphatic rings. The predicted molar refractivity (Wildman–Crippen MR) is 118 cm³/mol. The first-order chi connectivity index (χ1) is 15.7. The molecule has 0 aromatic carbocycles. The summed E-state index contributed by atoms with van der Waals surface area (Å²) in [5, 5.41) is 14.8. The monoisotopic (exact) mass is 466 g/mol. The van der Waals surface area contributed by atoms with Crippen molar-refractivity contribution in [2.75, 3.05) is 13.2 Å². The van der Waals surface area contributed by atoms with Gasteiger partial charge in [0.2, 0.25) is 0 Å². The molecule has 0 spiro atoms. The molecule has 1 saturated carbocycles. The van der Waals surface area contributed by atoms with E-state index in [1.54, 1.807) is 11.5 Å². The van der Waals surface area contributed by atoms with E-state index in [0.29, 0.717) is 37.1 Å². The van der Waals surface area contributed by atoms with Crippen molar-refractivity contribution in [3.05, 3.63) is 26.8 Å². The molecule has 1 aromatic rings. The lowest BCUT2D eigenvalue weighted by Gasteiger charge is -2.39. The van der Waals surface area contributed by atoms with E-state index in [-0.39, 0.29) is 5.69 Å². The van der Waals surface area contributed by atoms with E-state index in [2.05, 4.69) is 9.88 Å². The molecule has 1 aromatic heterocycles. The van der Waals surface area contributed by atoms with Crippen molar-refractivity contribution in [1.29, 1.82) is 0 Å². The standard InChI is InChI=1S/C20H32N4O3.C2H2O4/c1-3-22-14(2)21-19(25)24(20(22)26)10-4-9-23-16-7-8-17(23)12-18(11-16)27-13-15-5-6-15;3-1(4)2(5)6/h15-18H,3-13H2,1-2H3;(H,3,4)(H,5,6). The van der Waals surface area contributed by atoms with Crippen LogP contribution in [0.25, 0.3) is 0 Å². The Morgan fingerprint density at radius 3 is 2.12 bits per heavy atom. The van der Waals surface area contributed by atoms with Crippen molar-refractivity contribution in [3.63, 3.8) is 0 Å². The van der Waals surface area contributed by atoms with Gasteiger partial charge in [0, 0.05) is 38.3 Å². The normalized spacial score (nSPS) is 24.2. The molecule has 3 fully saturated rings. The Balaban J connectivity index is 0.000000454. The van der Waals surface area contributed by atoms with E-state index in [1.165, 1.54) is 30.3 Å². The minimum absolute atomic E-state index is 0.231. The molecule has 2 bridgehead atoms. The molecule has 4 rings (SSSR count). The molecule has 33 heavy (non-hydrogen) atoms. The zero-order valence-electron chi connectivity index (χ0n) is 19.3. The molecule has 0 amide bonds. The number of aromatic nitrogens is 3. The largest absolute Gasteiger partial charge is 0.473 e. The van der Waals surface area contributed by atoms with E-state index in [0.717, 1.165) is 38.3 Å². The van der Waals surface area contributed by atoms with E-state index in [1.807, 2.05) is 6.92 Å². The predicted octanol–water partition coefficient (Wildman–Crippen LogP) is 0.701. The second-order valence-electron chi connectivity index (χ2n) is 9.08. The van der Waals surface area contributed by atoms with Crippen molar-refractivity contribution >= 4 is 11.9 Å². The average molecular weight is 467 g/mol. The van der Waals surface area contributed by atoms with Crippen LogP contribution < -0.4 is 11.4 Å². The molecule has 3 heterocycles. The Bertz CT molecular complexity index is 942. The fourth-order valence-corrected chi connectivity index (χ4v) is 4.87. The van der Waals surface area contributed by atoms with Crippen LogP contribution in [0.15, 0.2) is 9.59 Å². The summed E-state index contributed by atoms with van der Waals surface area (Å²) in [4.78, 5) is 49.4. The zero-order valence-corrected chi connectivity index (χ0v) is 19.3. The molecule has 184 valence electrons. The molecule has 2 unspecified atom stereocenters. The molecule has 1 aliphatic carbocycles. The molecule has 11 heteroatoms. The van der Waals surface area contributed by atoms with Gasteiger partial charge in [-0.2, -0.15) is 4.98 Å². The number of hydrogen-bond donors (Lipinski definition) is 2. The Morgan fingerprint density at radius 1 is 1.00 bits per heavy atom. The first-order valence-corrected chi connectivity index (χ1v) is 11.7. The Hall–Kier alpha value is -2.53. The number of aryl methyl sites for hydroxylation is 1. The average Bonchev–Trinajstić information content (AvgIpc) is 3.55. The minimum atomic E-state index is -1.82. The van der Waals surface area contributed by atoms with Gasteiger partial charge >= 0.3 is 23.3 Å². The van der Waals surface area contributed by atoms with Gasteiger partial charge in [-0.15, -0.1) is 0 Å². The van der Waals surface area contributed by atoms with Crippen molar-refractivity contribution in [2.24, 2.45) is 5.92 Å². The summed E-state index contributed by atoms with van der Waals surface area (Å²) in [6.07, 6.45) is 8.71. The molecule has 2 aliphatic heterocycles. The maximum Gasteiger partial charge on any atom is 0.414 e. The molecule has 0 radical (unpaired) electrons. The summed E-state index contributed by atoms with van der Waals surface area (Å²) in [7, 11) is 0. The van der Waals surface area contributed by atoms with Crippen molar-refractivity contribution in [3.8, 4) is 0 Å². The number of fused-ring (bicyclic) bond motifs is 2. The second kappa shape index (κ2) is 11.1. The number of aliphatic carboxylic acids is 2. The molecule has 2 saturated heterocycles. The Labute approximate surface area is 192 Å². The van der Waals surface area contributed by atoms with Gasteiger partial charge in [0.25, 0.3) is 0 Å². The quantitative estimate of drug-likeness (QED) is 0.529. The van der Waals surface area contributed by atoms with Crippen LogP contribution in [0.1, 0.15) is 57.7 Å². The summed E-state index contributed by atoms with van der Waals surface area (Å²) < 4.78 is 9.01. The van der Waals surface area contributed by atoms with Gasteiger partial charge in [0.15, 0.2) is 0 Å². The summed E-state index contributed by atoms with van der Waals surface area (Å²) in [5.74, 6) is -2.32. The third-order valence-electron chi connectivity index (χ3n) is 6.74. The summed E-state index contributed by atoms with van der Waals surface area (Å²) >= 11 is 0. The van der Waals surface area contributed by atoms with Gasteiger partial charge in [-0.1, -0.05) is 0 Å². The van der Waals surface area contributed by atoms with Gasteiger partial charge in [-0.05, 0) is 64.7 Å². The molecule has 11 nitrogen and oxygen atoms in total. The maximum atomic E-state index is 12.5. The summed E-state index contributed by atoms with van der Waals surface area (Å²) in [5.41, 5.74) is -0.650. The fraction of sp³-hybridized carbons (Fsp3) is 0.773. The SMILES string of the molecule is CCn1c(C)nc(=O)n(CCCN2C3CCC2CC(OCC2CC2)C3)c1=O.O=C(O)C(=O)O. The number of carbonyl (C=O) groups is 2.